The fraction of sp³-hybridized carbons (Fsp3) is 0.412. The highest BCUT2D eigenvalue weighted by atomic mass is 16.2. The zero-order chi connectivity index (χ0) is 16.4. The third-order valence-corrected chi connectivity index (χ3v) is 3.28. The maximum atomic E-state index is 12.1. The molecule has 0 aliphatic carbocycles. The molecule has 22 heavy (non-hydrogen) atoms. The minimum atomic E-state index is -0.189. The lowest BCUT2D eigenvalue weighted by molar-refractivity contribution is -0.131. The highest BCUT2D eigenvalue weighted by molar-refractivity contribution is 5.97. The summed E-state index contributed by atoms with van der Waals surface area (Å²) in [6.07, 6.45) is 0.688. The van der Waals surface area contributed by atoms with Crippen LogP contribution in [0.5, 0.6) is 0 Å². The average Bonchev–Trinajstić information content (AvgIpc) is 2.53. The first kappa shape index (κ1) is 17.4. The van der Waals surface area contributed by atoms with Gasteiger partial charge in [0.05, 0.1) is 25.0 Å². The Morgan fingerprint density at radius 3 is 2.05 bits per heavy atom. The minimum absolute atomic E-state index is 0.0751. The fourth-order valence-corrected chi connectivity index (χ4v) is 1.99. The van der Waals surface area contributed by atoms with Crippen molar-refractivity contribution >= 4 is 11.7 Å². The lowest BCUT2D eigenvalue weighted by atomic mass is 10.0. The second kappa shape index (κ2) is 9.31. The number of hydrogen-bond acceptors (Lipinski definition) is 4. The first-order valence-corrected chi connectivity index (χ1v) is 7.20. The number of hydrogen-bond donors (Lipinski definition) is 0. The zero-order valence-electron chi connectivity index (χ0n) is 12.7. The standard InChI is InChI=1S/C17H19N3O2/c1-14-4-6-15(7-5-14)16(21)8-9-17(22)20(12-2-10-18)13-3-11-19/h4-7H,2-3,8-9,12-13H2,1H3. The molecule has 0 atom stereocenters. The Balaban J connectivity index is 2.54. The predicted molar refractivity (Wildman–Crippen MR) is 81.8 cm³/mol. The van der Waals surface area contributed by atoms with Gasteiger partial charge in [-0.25, -0.2) is 0 Å². The van der Waals surface area contributed by atoms with Crippen LogP contribution in [0, 0.1) is 29.6 Å². The van der Waals surface area contributed by atoms with E-state index in [2.05, 4.69) is 0 Å². The van der Waals surface area contributed by atoms with E-state index >= 15 is 0 Å². The van der Waals surface area contributed by atoms with E-state index in [0.29, 0.717) is 18.7 Å². The monoisotopic (exact) mass is 297 g/mol. The van der Waals surface area contributed by atoms with Crippen molar-refractivity contribution in [2.45, 2.75) is 32.6 Å². The average molecular weight is 297 g/mol. The van der Waals surface area contributed by atoms with Gasteiger partial charge in [0.25, 0.3) is 0 Å². The van der Waals surface area contributed by atoms with Gasteiger partial charge < -0.3 is 4.90 Å². The molecule has 1 aromatic rings. The second-order valence-corrected chi connectivity index (χ2v) is 4.99. The number of amides is 1. The summed E-state index contributed by atoms with van der Waals surface area (Å²) in [7, 11) is 0. The smallest absolute Gasteiger partial charge is 0.223 e. The third kappa shape index (κ3) is 5.76. The van der Waals surface area contributed by atoms with Crippen molar-refractivity contribution in [1.82, 2.24) is 4.90 Å². The number of ketones is 1. The summed E-state index contributed by atoms with van der Waals surface area (Å²) < 4.78 is 0. The van der Waals surface area contributed by atoms with E-state index in [4.69, 9.17) is 10.5 Å². The lowest BCUT2D eigenvalue weighted by Crippen LogP contribution is -2.33. The second-order valence-electron chi connectivity index (χ2n) is 4.99. The van der Waals surface area contributed by atoms with E-state index in [1.807, 2.05) is 31.2 Å². The molecule has 0 N–H and O–H groups in total. The summed E-state index contributed by atoms with van der Waals surface area (Å²) in [5.74, 6) is -0.264. The first-order chi connectivity index (χ1) is 10.6. The van der Waals surface area contributed by atoms with Crippen molar-refractivity contribution in [3.8, 4) is 12.1 Å². The van der Waals surface area contributed by atoms with Gasteiger partial charge in [-0.15, -0.1) is 0 Å². The Bertz CT molecular complexity index is 576. The van der Waals surface area contributed by atoms with Crippen molar-refractivity contribution in [3.05, 3.63) is 35.4 Å². The van der Waals surface area contributed by atoms with Crippen LogP contribution in [0.3, 0.4) is 0 Å². The molecule has 0 fully saturated rings. The molecule has 0 spiro atoms. The number of nitriles is 2. The van der Waals surface area contributed by atoms with Gasteiger partial charge in [0.15, 0.2) is 5.78 Å². The summed E-state index contributed by atoms with van der Waals surface area (Å²) in [6, 6.07) is 11.2. The van der Waals surface area contributed by atoms with Crippen molar-refractivity contribution in [2.24, 2.45) is 0 Å². The van der Waals surface area contributed by atoms with Crippen molar-refractivity contribution < 1.29 is 9.59 Å². The van der Waals surface area contributed by atoms with E-state index in [1.54, 1.807) is 12.1 Å². The van der Waals surface area contributed by atoms with Crippen molar-refractivity contribution in [2.75, 3.05) is 13.1 Å². The maximum absolute atomic E-state index is 12.1. The topological polar surface area (TPSA) is 85.0 Å². The van der Waals surface area contributed by atoms with Crippen LogP contribution in [0.4, 0.5) is 0 Å². The molecule has 0 radical (unpaired) electrons. The number of rotatable bonds is 8. The molecule has 5 nitrogen and oxygen atoms in total. The van der Waals surface area contributed by atoms with E-state index < -0.39 is 0 Å². The molecular formula is C17H19N3O2. The van der Waals surface area contributed by atoms with Crippen LogP contribution in [0.15, 0.2) is 24.3 Å². The predicted octanol–water partition coefficient (Wildman–Crippen LogP) is 2.61. The maximum Gasteiger partial charge on any atom is 0.223 e. The number of Topliss-reactive ketones (excluding diaryl/α,β-unsaturated/α-hetero) is 1. The Hall–Kier alpha value is -2.66. The van der Waals surface area contributed by atoms with Gasteiger partial charge in [-0.3, -0.25) is 9.59 Å². The molecule has 0 heterocycles. The molecule has 0 unspecified atom stereocenters. The van der Waals surface area contributed by atoms with Crippen molar-refractivity contribution in [3.63, 3.8) is 0 Å². The molecule has 1 amide bonds. The number of benzene rings is 1. The summed E-state index contributed by atoms with van der Waals surface area (Å²) in [5, 5.41) is 17.2. The zero-order valence-corrected chi connectivity index (χ0v) is 12.7. The molecule has 0 aliphatic heterocycles. The van der Waals surface area contributed by atoms with Crippen LogP contribution in [0.2, 0.25) is 0 Å². The normalized spacial score (nSPS) is 9.59. The van der Waals surface area contributed by atoms with Crippen LogP contribution in [0.25, 0.3) is 0 Å². The third-order valence-electron chi connectivity index (χ3n) is 3.28. The number of carbonyl (C=O) groups excluding carboxylic acids is 2. The van der Waals surface area contributed by atoms with Gasteiger partial charge >= 0.3 is 0 Å². The first-order valence-electron chi connectivity index (χ1n) is 7.20. The van der Waals surface area contributed by atoms with Gasteiger partial charge in [-0.05, 0) is 6.92 Å². The minimum Gasteiger partial charge on any atom is -0.341 e. The van der Waals surface area contributed by atoms with Gasteiger partial charge in [0.1, 0.15) is 0 Å². The molecule has 1 aromatic carbocycles. The largest absolute Gasteiger partial charge is 0.341 e. The van der Waals surface area contributed by atoms with E-state index in [9.17, 15) is 9.59 Å². The fourth-order valence-electron chi connectivity index (χ4n) is 1.99. The van der Waals surface area contributed by atoms with Gasteiger partial charge in [-0.2, -0.15) is 10.5 Å². The van der Waals surface area contributed by atoms with E-state index in [0.717, 1.165) is 5.56 Å². The summed E-state index contributed by atoms with van der Waals surface area (Å²) >= 11 is 0. The number of aryl methyl sites for hydroxylation is 1. The molecule has 0 aliphatic rings. The van der Waals surface area contributed by atoms with Gasteiger partial charge in [-0.1, -0.05) is 29.8 Å². The molecule has 114 valence electrons. The van der Waals surface area contributed by atoms with Crippen molar-refractivity contribution in [1.29, 1.82) is 10.5 Å². The SMILES string of the molecule is Cc1ccc(C(=O)CCC(=O)N(CCC#N)CCC#N)cc1. The van der Waals surface area contributed by atoms with E-state index in [1.165, 1.54) is 4.90 Å². The molecule has 0 saturated heterocycles. The summed E-state index contributed by atoms with van der Waals surface area (Å²) in [4.78, 5) is 25.6. The van der Waals surface area contributed by atoms with Crippen LogP contribution in [-0.2, 0) is 4.79 Å². The number of carbonyl (C=O) groups is 2. The van der Waals surface area contributed by atoms with Crippen LogP contribution in [-0.4, -0.2) is 29.7 Å². The highest BCUT2D eigenvalue weighted by Gasteiger charge is 2.15. The Kier molecular flexibility index (Phi) is 7.36. The van der Waals surface area contributed by atoms with Gasteiger partial charge in [0, 0.05) is 31.5 Å². The van der Waals surface area contributed by atoms with E-state index in [-0.39, 0.29) is 37.4 Å². The Morgan fingerprint density at radius 1 is 1.00 bits per heavy atom. The molecule has 1 rings (SSSR count). The van der Waals surface area contributed by atoms with Crippen LogP contribution < -0.4 is 0 Å². The Labute approximate surface area is 130 Å². The molecule has 0 saturated carbocycles. The molecule has 0 aromatic heterocycles. The molecular weight excluding hydrogens is 278 g/mol. The van der Waals surface area contributed by atoms with Gasteiger partial charge in [0.2, 0.25) is 5.91 Å². The molecule has 0 bridgehead atoms. The van der Waals surface area contributed by atoms with Crippen LogP contribution in [0.1, 0.15) is 41.6 Å². The quantitative estimate of drug-likeness (QED) is 0.690. The highest BCUT2D eigenvalue weighted by Crippen LogP contribution is 2.09. The summed E-state index contributed by atoms with van der Waals surface area (Å²) in [5.41, 5.74) is 1.67. The lowest BCUT2D eigenvalue weighted by Gasteiger charge is -2.20. The summed E-state index contributed by atoms with van der Waals surface area (Å²) in [6.45, 7) is 2.55. The van der Waals surface area contributed by atoms with Crippen LogP contribution >= 0.6 is 0 Å². The molecule has 5 heteroatoms. The Morgan fingerprint density at radius 2 is 1.55 bits per heavy atom. The number of nitrogens with zero attached hydrogens (tertiary/aromatic N) is 3.